The number of halogens is 1. The van der Waals surface area contributed by atoms with Crippen LogP contribution in [0.15, 0.2) is 24.3 Å². The van der Waals surface area contributed by atoms with Gasteiger partial charge in [-0.1, -0.05) is 36.7 Å². The molecule has 0 heterocycles. The van der Waals surface area contributed by atoms with Gasteiger partial charge >= 0.3 is 12.0 Å². The number of carbonyl (C=O) groups is 3. The third kappa shape index (κ3) is 6.58. The Hall–Kier alpha value is -2.08. The summed E-state index contributed by atoms with van der Waals surface area (Å²) in [4.78, 5) is 34.5. The summed E-state index contributed by atoms with van der Waals surface area (Å²) in [7, 11) is 0. The van der Waals surface area contributed by atoms with E-state index in [4.69, 9.17) is 16.3 Å². The number of amides is 3. The lowest BCUT2D eigenvalue weighted by atomic mass is 10.1. The molecular formula is C15H19ClN2O4. The van der Waals surface area contributed by atoms with E-state index in [1.165, 1.54) is 0 Å². The van der Waals surface area contributed by atoms with E-state index in [9.17, 15) is 14.4 Å². The van der Waals surface area contributed by atoms with Crippen molar-refractivity contribution in [3.8, 4) is 0 Å². The predicted molar refractivity (Wildman–Crippen MR) is 82.5 cm³/mol. The number of benzene rings is 1. The first-order valence-corrected chi connectivity index (χ1v) is 7.29. The summed E-state index contributed by atoms with van der Waals surface area (Å²) in [5.74, 6) is -1.28. The third-order valence-electron chi connectivity index (χ3n) is 2.90. The minimum Gasteiger partial charge on any atom is -0.455 e. The Balaban J connectivity index is 2.33. The average molecular weight is 327 g/mol. The predicted octanol–water partition coefficient (Wildman–Crippen LogP) is 2.05. The minimum atomic E-state index is -0.687. The smallest absolute Gasteiger partial charge is 0.321 e. The summed E-state index contributed by atoms with van der Waals surface area (Å²) in [5.41, 5.74) is 0.615. The molecule has 1 atom stereocenters. The topological polar surface area (TPSA) is 84.5 Å². The molecule has 1 rings (SSSR count). The zero-order valence-corrected chi connectivity index (χ0v) is 13.3. The van der Waals surface area contributed by atoms with E-state index in [0.29, 0.717) is 10.6 Å². The van der Waals surface area contributed by atoms with E-state index >= 15 is 0 Å². The number of esters is 1. The van der Waals surface area contributed by atoms with Crippen LogP contribution in [0.4, 0.5) is 4.79 Å². The normalized spacial score (nSPS) is 11.4. The molecule has 0 aliphatic heterocycles. The highest BCUT2D eigenvalue weighted by molar-refractivity contribution is 6.31. The van der Waals surface area contributed by atoms with Crippen LogP contribution in [-0.2, 0) is 20.7 Å². The summed E-state index contributed by atoms with van der Waals surface area (Å²) < 4.78 is 4.81. The number of hydrogen-bond donors (Lipinski definition) is 2. The Morgan fingerprint density at radius 3 is 2.59 bits per heavy atom. The van der Waals surface area contributed by atoms with Crippen LogP contribution >= 0.6 is 11.6 Å². The second-order valence-electron chi connectivity index (χ2n) is 4.76. The van der Waals surface area contributed by atoms with E-state index in [-0.39, 0.29) is 12.5 Å². The standard InChI is InChI=1S/C15H19ClN2O4/c1-3-10(2)17-15(21)18-13(19)9-22-14(20)8-11-6-4-5-7-12(11)16/h4-7,10H,3,8-9H2,1-2H3,(H2,17,18,19,21)/t10-/m0/s1. The van der Waals surface area contributed by atoms with Crippen LogP contribution < -0.4 is 10.6 Å². The fourth-order valence-corrected chi connectivity index (χ4v) is 1.72. The van der Waals surface area contributed by atoms with Crippen LogP contribution in [-0.4, -0.2) is 30.6 Å². The number of hydrogen-bond acceptors (Lipinski definition) is 4. The Kier molecular flexibility index (Phi) is 7.39. The highest BCUT2D eigenvalue weighted by Gasteiger charge is 2.13. The van der Waals surface area contributed by atoms with Crippen molar-refractivity contribution in [2.75, 3.05) is 6.61 Å². The second kappa shape index (κ2) is 9.04. The van der Waals surface area contributed by atoms with E-state index in [0.717, 1.165) is 6.42 Å². The zero-order valence-electron chi connectivity index (χ0n) is 12.5. The first-order chi connectivity index (χ1) is 10.4. The first kappa shape index (κ1) is 18.0. The van der Waals surface area contributed by atoms with Crippen molar-refractivity contribution in [3.63, 3.8) is 0 Å². The summed E-state index contributed by atoms with van der Waals surface area (Å²) >= 11 is 5.92. The van der Waals surface area contributed by atoms with Gasteiger partial charge in [-0.2, -0.15) is 0 Å². The molecule has 0 aliphatic carbocycles. The maximum atomic E-state index is 11.6. The molecule has 0 saturated heterocycles. The van der Waals surface area contributed by atoms with E-state index in [2.05, 4.69) is 10.6 Å². The number of nitrogens with one attached hydrogen (secondary N) is 2. The maximum Gasteiger partial charge on any atom is 0.321 e. The molecule has 7 heteroatoms. The van der Waals surface area contributed by atoms with Gasteiger partial charge in [0, 0.05) is 11.1 Å². The molecule has 1 aromatic rings. The number of imide groups is 1. The lowest BCUT2D eigenvalue weighted by molar-refractivity contribution is -0.147. The molecular weight excluding hydrogens is 308 g/mol. The highest BCUT2D eigenvalue weighted by Crippen LogP contribution is 2.15. The molecule has 0 radical (unpaired) electrons. The molecule has 0 saturated carbocycles. The van der Waals surface area contributed by atoms with Gasteiger partial charge in [0.15, 0.2) is 6.61 Å². The molecule has 6 nitrogen and oxygen atoms in total. The van der Waals surface area contributed by atoms with Gasteiger partial charge in [-0.15, -0.1) is 0 Å². The Morgan fingerprint density at radius 2 is 1.95 bits per heavy atom. The van der Waals surface area contributed by atoms with Crippen LogP contribution in [0.25, 0.3) is 0 Å². The third-order valence-corrected chi connectivity index (χ3v) is 3.27. The van der Waals surface area contributed by atoms with Crippen molar-refractivity contribution < 1.29 is 19.1 Å². The molecule has 0 unspecified atom stereocenters. The molecule has 0 aliphatic rings. The fraction of sp³-hybridized carbons (Fsp3) is 0.400. The number of carbonyl (C=O) groups excluding carboxylic acids is 3. The maximum absolute atomic E-state index is 11.6. The highest BCUT2D eigenvalue weighted by atomic mass is 35.5. The van der Waals surface area contributed by atoms with Crippen LogP contribution in [0.3, 0.4) is 0 Å². The van der Waals surface area contributed by atoms with Gasteiger partial charge in [0.25, 0.3) is 5.91 Å². The number of urea groups is 1. The fourth-order valence-electron chi connectivity index (χ4n) is 1.52. The van der Waals surface area contributed by atoms with Crippen LogP contribution in [0.2, 0.25) is 5.02 Å². The second-order valence-corrected chi connectivity index (χ2v) is 5.17. The van der Waals surface area contributed by atoms with Gasteiger partial charge in [-0.3, -0.25) is 14.9 Å². The summed E-state index contributed by atoms with van der Waals surface area (Å²) in [6.07, 6.45) is 0.709. The first-order valence-electron chi connectivity index (χ1n) is 6.91. The Labute approximate surface area is 134 Å². The zero-order chi connectivity index (χ0) is 16.5. The molecule has 120 valence electrons. The van der Waals surface area contributed by atoms with Crippen molar-refractivity contribution >= 4 is 29.5 Å². The summed E-state index contributed by atoms with van der Waals surface area (Å²) in [6.45, 7) is 3.20. The van der Waals surface area contributed by atoms with Gasteiger partial charge in [0.05, 0.1) is 6.42 Å². The molecule has 1 aromatic carbocycles. The average Bonchev–Trinajstić information content (AvgIpc) is 2.47. The van der Waals surface area contributed by atoms with Gasteiger partial charge in [-0.05, 0) is 25.0 Å². The molecule has 0 aromatic heterocycles. The van der Waals surface area contributed by atoms with Crippen LogP contribution in [0.5, 0.6) is 0 Å². The number of rotatable bonds is 6. The van der Waals surface area contributed by atoms with E-state index in [1.54, 1.807) is 24.3 Å². The van der Waals surface area contributed by atoms with Crippen molar-refractivity contribution in [1.82, 2.24) is 10.6 Å². The van der Waals surface area contributed by atoms with Crippen molar-refractivity contribution in [2.45, 2.75) is 32.7 Å². The molecule has 3 amide bonds. The van der Waals surface area contributed by atoms with Crippen molar-refractivity contribution in [1.29, 1.82) is 0 Å². The van der Waals surface area contributed by atoms with Crippen molar-refractivity contribution in [2.24, 2.45) is 0 Å². The Bertz CT molecular complexity index is 548. The molecule has 22 heavy (non-hydrogen) atoms. The molecule has 0 bridgehead atoms. The molecule has 0 spiro atoms. The summed E-state index contributed by atoms with van der Waals surface area (Å²) in [5, 5.41) is 5.11. The number of ether oxygens (including phenoxy) is 1. The van der Waals surface area contributed by atoms with Gasteiger partial charge in [0.2, 0.25) is 0 Å². The van der Waals surface area contributed by atoms with Gasteiger partial charge in [0.1, 0.15) is 0 Å². The monoisotopic (exact) mass is 326 g/mol. The quantitative estimate of drug-likeness (QED) is 0.784. The molecule has 2 N–H and O–H groups in total. The minimum absolute atomic E-state index is 0.0357. The lowest BCUT2D eigenvalue weighted by Gasteiger charge is -2.11. The molecule has 0 fully saturated rings. The van der Waals surface area contributed by atoms with Gasteiger partial charge < -0.3 is 10.1 Å². The van der Waals surface area contributed by atoms with Crippen molar-refractivity contribution in [3.05, 3.63) is 34.9 Å². The largest absolute Gasteiger partial charge is 0.455 e. The lowest BCUT2D eigenvalue weighted by Crippen LogP contribution is -2.44. The van der Waals surface area contributed by atoms with Crippen LogP contribution in [0, 0.1) is 0 Å². The Morgan fingerprint density at radius 1 is 1.27 bits per heavy atom. The van der Waals surface area contributed by atoms with Crippen LogP contribution in [0.1, 0.15) is 25.8 Å². The van der Waals surface area contributed by atoms with E-state index in [1.807, 2.05) is 13.8 Å². The van der Waals surface area contributed by atoms with Gasteiger partial charge in [-0.25, -0.2) is 4.79 Å². The van der Waals surface area contributed by atoms with E-state index < -0.39 is 24.5 Å². The summed E-state index contributed by atoms with van der Waals surface area (Å²) in [6, 6.07) is 6.21. The SMILES string of the molecule is CC[C@H](C)NC(=O)NC(=O)COC(=O)Cc1ccccc1Cl.